The van der Waals surface area contributed by atoms with Gasteiger partial charge in [0.05, 0.1) is 17.9 Å². The van der Waals surface area contributed by atoms with Gasteiger partial charge in [0.2, 0.25) is 0 Å². The van der Waals surface area contributed by atoms with Gasteiger partial charge in [-0.3, -0.25) is 14.7 Å². The maximum atomic E-state index is 13.0. The van der Waals surface area contributed by atoms with Crippen LogP contribution in [0.1, 0.15) is 40.9 Å². The zero-order valence-electron chi connectivity index (χ0n) is 14.4. The molecule has 0 spiro atoms. The lowest BCUT2D eigenvalue weighted by molar-refractivity contribution is -0.168. The molecule has 2 aliphatic heterocycles. The second kappa shape index (κ2) is 7.82. The van der Waals surface area contributed by atoms with Gasteiger partial charge in [-0.2, -0.15) is 0 Å². The lowest BCUT2D eigenvalue weighted by Gasteiger charge is -2.29. The Balaban J connectivity index is 1.58. The molecule has 4 heterocycles. The van der Waals surface area contributed by atoms with Crippen molar-refractivity contribution in [1.29, 1.82) is 0 Å². The van der Waals surface area contributed by atoms with Crippen molar-refractivity contribution in [3.05, 3.63) is 51.9 Å². The highest BCUT2D eigenvalue weighted by atomic mass is 79.9. The van der Waals surface area contributed by atoms with Crippen LogP contribution in [0.2, 0.25) is 0 Å². The highest BCUT2D eigenvalue weighted by Crippen LogP contribution is 2.30. The first-order chi connectivity index (χ1) is 12.7. The molecule has 4 rings (SSSR count). The molecule has 26 heavy (non-hydrogen) atoms. The number of hydrogen-bond acceptors (Lipinski definition) is 5. The molecular weight excluding hydrogens is 398 g/mol. The molecule has 1 fully saturated rings. The van der Waals surface area contributed by atoms with Crippen molar-refractivity contribution in [2.45, 2.75) is 38.6 Å². The Hall–Kier alpha value is -1.83. The maximum Gasteiger partial charge on any atom is 0.261 e. The topological polar surface area (TPSA) is 64.6 Å². The third kappa shape index (κ3) is 3.51. The molecule has 1 amide bonds. The molecule has 7 heteroatoms. The number of halogens is 1. The summed E-state index contributed by atoms with van der Waals surface area (Å²) in [7, 11) is 0. The molecule has 0 bridgehead atoms. The summed E-state index contributed by atoms with van der Waals surface area (Å²) in [5.74, 6) is 0.565. The van der Waals surface area contributed by atoms with Crippen LogP contribution in [0.4, 0.5) is 5.82 Å². The number of pyridine rings is 2. The summed E-state index contributed by atoms with van der Waals surface area (Å²) < 4.78 is 12.5. The van der Waals surface area contributed by atoms with E-state index < -0.39 is 0 Å². The van der Waals surface area contributed by atoms with E-state index in [9.17, 15) is 4.79 Å². The maximum absolute atomic E-state index is 13.0. The molecule has 0 aliphatic carbocycles. The minimum absolute atomic E-state index is 0.0693. The summed E-state index contributed by atoms with van der Waals surface area (Å²) in [4.78, 5) is 23.5. The minimum atomic E-state index is -0.189. The summed E-state index contributed by atoms with van der Waals surface area (Å²) in [6.07, 6.45) is 7.04. The van der Waals surface area contributed by atoms with E-state index >= 15 is 0 Å². The van der Waals surface area contributed by atoms with Crippen molar-refractivity contribution < 1.29 is 14.3 Å². The molecule has 1 saturated heterocycles. The van der Waals surface area contributed by atoms with E-state index in [1.165, 1.54) is 0 Å². The molecule has 2 aromatic rings. The Morgan fingerprint density at radius 1 is 1.27 bits per heavy atom. The van der Waals surface area contributed by atoms with Crippen LogP contribution in [-0.4, -0.2) is 35.3 Å². The van der Waals surface area contributed by atoms with Crippen molar-refractivity contribution >= 4 is 27.7 Å². The van der Waals surface area contributed by atoms with E-state index in [1.54, 1.807) is 23.4 Å². The second-order valence-corrected chi connectivity index (χ2v) is 7.26. The van der Waals surface area contributed by atoms with Gasteiger partial charge < -0.3 is 9.47 Å². The third-order valence-electron chi connectivity index (χ3n) is 4.72. The van der Waals surface area contributed by atoms with Crippen LogP contribution >= 0.6 is 15.9 Å². The lowest BCUT2D eigenvalue weighted by Crippen LogP contribution is -2.39. The number of carbonyl (C=O) groups is 1. The van der Waals surface area contributed by atoms with Gasteiger partial charge in [-0.05, 0) is 37.5 Å². The average molecular weight is 418 g/mol. The Labute approximate surface area is 160 Å². The molecule has 0 radical (unpaired) electrons. The van der Waals surface area contributed by atoms with E-state index in [2.05, 4.69) is 25.9 Å². The van der Waals surface area contributed by atoms with Gasteiger partial charge in [-0.1, -0.05) is 15.9 Å². The standard InChI is InChI=1S/C19H20BrN3O3/c20-15-6-9-22-18(14(15)12-26-17-5-1-2-11-25-17)23-10-7-16-13(19(23)24)4-3-8-21-16/h3-4,6,8-9,17H,1-2,5,7,10-12H2. The van der Waals surface area contributed by atoms with Gasteiger partial charge in [-0.25, -0.2) is 4.98 Å². The molecule has 0 aromatic carbocycles. The molecule has 1 atom stereocenters. The fraction of sp³-hybridized carbons (Fsp3) is 0.421. The van der Waals surface area contributed by atoms with Gasteiger partial charge in [-0.15, -0.1) is 0 Å². The van der Waals surface area contributed by atoms with Crippen LogP contribution in [0.25, 0.3) is 0 Å². The monoisotopic (exact) mass is 417 g/mol. The van der Waals surface area contributed by atoms with Crippen LogP contribution < -0.4 is 4.90 Å². The van der Waals surface area contributed by atoms with Crippen molar-refractivity contribution in [1.82, 2.24) is 9.97 Å². The Bertz CT molecular complexity index is 808. The number of amides is 1. The normalized spacial score (nSPS) is 20.1. The number of anilines is 1. The molecule has 136 valence electrons. The quantitative estimate of drug-likeness (QED) is 0.761. The third-order valence-corrected chi connectivity index (χ3v) is 5.46. The fourth-order valence-corrected chi connectivity index (χ4v) is 3.75. The zero-order chi connectivity index (χ0) is 17.9. The molecule has 1 unspecified atom stereocenters. The van der Waals surface area contributed by atoms with Gasteiger partial charge in [0.15, 0.2) is 6.29 Å². The molecular formula is C19H20BrN3O3. The Morgan fingerprint density at radius 2 is 2.19 bits per heavy atom. The van der Waals surface area contributed by atoms with Gasteiger partial charge in [0, 0.05) is 42.0 Å². The SMILES string of the molecule is O=C1c2cccnc2CCN1c1nccc(Br)c1COC1CCCCO1. The lowest BCUT2D eigenvalue weighted by atomic mass is 10.0. The first-order valence-electron chi connectivity index (χ1n) is 8.86. The predicted molar refractivity (Wildman–Crippen MR) is 99.9 cm³/mol. The van der Waals surface area contributed by atoms with E-state index in [0.29, 0.717) is 31.0 Å². The zero-order valence-corrected chi connectivity index (χ0v) is 15.9. The molecule has 0 N–H and O–H groups in total. The molecule has 2 aliphatic rings. The van der Waals surface area contributed by atoms with Crippen LogP contribution in [-0.2, 0) is 22.5 Å². The van der Waals surface area contributed by atoms with E-state index in [-0.39, 0.29) is 12.2 Å². The predicted octanol–water partition coefficient (Wildman–Crippen LogP) is 3.49. The second-order valence-electron chi connectivity index (χ2n) is 6.41. The summed E-state index contributed by atoms with van der Waals surface area (Å²) >= 11 is 3.58. The highest BCUT2D eigenvalue weighted by molar-refractivity contribution is 9.10. The van der Waals surface area contributed by atoms with Crippen molar-refractivity contribution in [3.8, 4) is 0 Å². The molecule has 0 saturated carbocycles. The number of fused-ring (bicyclic) bond motifs is 1. The fourth-order valence-electron chi connectivity index (χ4n) is 3.34. The smallest absolute Gasteiger partial charge is 0.261 e. The summed E-state index contributed by atoms with van der Waals surface area (Å²) in [5, 5.41) is 0. The number of ether oxygens (including phenoxy) is 2. The van der Waals surface area contributed by atoms with Gasteiger partial charge >= 0.3 is 0 Å². The molecule has 2 aromatic heterocycles. The van der Waals surface area contributed by atoms with Crippen LogP contribution in [0.3, 0.4) is 0 Å². The van der Waals surface area contributed by atoms with Gasteiger partial charge in [0.25, 0.3) is 5.91 Å². The molecule has 6 nitrogen and oxygen atoms in total. The van der Waals surface area contributed by atoms with Crippen molar-refractivity contribution in [2.75, 3.05) is 18.1 Å². The summed E-state index contributed by atoms with van der Waals surface area (Å²) in [6, 6.07) is 5.48. The van der Waals surface area contributed by atoms with Crippen LogP contribution in [0.15, 0.2) is 35.1 Å². The van der Waals surface area contributed by atoms with Crippen LogP contribution in [0.5, 0.6) is 0 Å². The number of hydrogen-bond donors (Lipinski definition) is 0. The first kappa shape index (κ1) is 17.6. The van der Waals surface area contributed by atoms with Crippen molar-refractivity contribution in [2.24, 2.45) is 0 Å². The van der Waals surface area contributed by atoms with Crippen molar-refractivity contribution in [3.63, 3.8) is 0 Å². The largest absolute Gasteiger partial charge is 0.353 e. The summed E-state index contributed by atoms with van der Waals surface area (Å²) in [5.41, 5.74) is 2.35. The van der Waals surface area contributed by atoms with Crippen LogP contribution in [0, 0.1) is 0 Å². The van der Waals surface area contributed by atoms with E-state index in [1.807, 2.05) is 12.1 Å². The van der Waals surface area contributed by atoms with Gasteiger partial charge in [0.1, 0.15) is 5.82 Å². The number of rotatable bonds is 4. The highest BCUT2D eigenvalue weighted by Gasteiger charge is 2.29. The number of nitrogens with zero attached hydrogens (tertiary/aromatic N) is 3. The number of aromatic nitrogens is 2. The van der Waals surface area contributed by atoms with E-state index in [0.717, 1.165) is 41.6 Å². The van der Waals surface area contributed by atoms with E-state index in [4.69, 9.17) is 9.47 Å². The Morgan fingerprint density at radius 3 is 3.04 bits per heavy atom. The Kier molecular flexibility index (Phi) is 5.28. The first-order valence-corrected chi connectivity index (χ1v) is 9.65. The average Bonchev–Trinajstić information content (AvgIpc) is 2.68. The minimum Gasteiger partial charge on any atom is -0.353 e. The summed E-state index contributed by atoms with van der Waals surface area (Å²) in [6.45, 7) is 1.64. The number of carbonyl (C=O) groups excluding carboxylic acids is 1.